The van der Waals surface area contributed by atoms with Crippen LogP contribution < -0.4 is 0 Å². The number of rotatable bonds is 2. The van der Waals surface area contributed by atoms with Crippen LogP contribution in [0.25, 0.3) is 0 Å². The molecular formula is C15H24N2O. The molecule has 2 saturated heterocycles. The first-order valence-corrected chi connectivity index (χ1v) is 7.36. The minimum atomic E-state index is 0.179. The minimum Gasteiger partial charge on any atom is -0.339 e. The molecule has 0 spiro atoms. The molecule has 0 aromatic carbocycles. The molecule has 0 radical (unpaired) electrons. The molecule has 2 aliphatic heterocycles. The van der Waals surface area contributed by atoms with Crippen LogP contribution in [0.15, 0.2) is 12.2 Å². The Kier molecular flexibility index (Phi) is 3.18. The molecule has 3 nitrogen and oxygen atoms in total. The van der Waals surface area contributed by atoms with Crippen LogP contribution in [-0.4, -0.2) is 47.4 Å². The summed E-state index contributed by atoms with van der Waals surface area (Å²) in [4.78, 5) is 16.9. The highest BCUT2D eigenvalue weighted by atomic mass is 16.2. The van der Waals surface area contributed by atoms with Gasteiger partial charge >= 0.3 is 0 Å². The van der Waals surface area contributed by atoms with E-state index in [-0.39, 0.29) is 6.04 Å². The lowest BCUT2D eigenvalue weighted by atomic mass is 9.86. The summed E-state index contributed by atoms with van der Waals surface area (Å²) in [5.74, 6) is 1.98. The second-order valence-corrected chi connectivity index (χ2v) is 6.35. The molecule has 3 rings (SSSR count). The summed E-state index contributed by atoms with van der Waals surface area (Å²) >= 11 is 0. The van der Waals surface area contributed by atoms with Crippen LogP contribution in [-0.2, 0) is 4.79 Å². The van der Waals surface area contributed by atoms with E-state index in [9.17, 15) is 4.79 Å². The number of carbonyl (C=O) groups is 1. The lowest BCUT2D eigenvalue weighted by molar-refractivity contribution is -0.133. The summed E-state index contributed by atoms with van der Waals surface area (Å²) in [5.41, 5.74) is 0. The summed E-state index contributed by atoms with van der Waals surface area (Å²) in [6, 6.07) is 0.534. The molecule has 3 heteroatoms. The van der Waals surface area contributed by atoms with E-state index in [1.807, 2.05) is 4.90 Å². The minimum absolute atomic E-state index is 0.179. The first kappa shape index (κ1) is 12.2. The average Bonchev–Trinajstić information content (AvgIpc) is 2.91. The predicted molar refractivity (Wildman–Crippen MR) is 72.2 cm³/mol. The molecule has 3 unspecified atom stereocenters. The second-order valence-electron chi connectivity index (χ2n) is 6.35. The predicted octanol–water partition coefficient (Wildman–Crippen LogP) is 1.89. The Bertz CT molecular complexity index is 348. The number of nitrogens with zero attached hydrogens (tertiary/aromatic N) is 2. The number of allylic oxidation sites excluding steroid dienone is 2. The van der Waals surface area contributed by atoms with E-state index >= 15 is 0 Å². The fourth-order valence-corrected chi connectivity index (χ4v) is 3.84. The summed E-state index contributed by atoms with van der Waals surface area (Å²) in [6.45, 7) is 7.46. The average molecular weight is 248 g/mol. The summed E-state index contributed by atoms with van der Waals surface area (Å²) in [7, 11) is 0. The van der Waals surface area contributed by atoms with Gasteiger partial charge in [0.15, 0.2) is 0 Å². The number of likely N-dealkylation sites (tertiary alicyclic amines) is 2. The zero-order valence-corrected chi connectivity index (χ0v) is 11.5. The van der Waals surface area contributed by atoms with Crippen molar-refractivity contribution < 1.29 is 4.79 Å². The van der Waals surface area contributed by atoms with Crippen molar-refractivity contribution >= 4 is 5.91 Å². The van der Waals surface area contributed by atoms with Crippen molar-refractivity contribution in [2.45, 2.75) is 45.2 Å². The van der Waals surface area contributed by atoms with Gasteiger partial charge in [0, 0.05) is 25.7 Å². The van der Waals surface area contributed by atoms with Gasteiger partial charge in [0.05, 0.1) is 6.04 Å². The molecule has 0 aromatic rings. The van der Waals surface area contributed by atoms with Crippen molar-refractivity contribution in [3.05, 3.63) is 12.2 Å². The third kappa shape index (κ3) is 1.99. The molecule has 0 saturated carbocycles. The van der Waals surface area contributed by atoms with Gasteiger partial charge < -0.3 is 4.90 Å². The van der Waals surface area contributed by atoms with Gasteiger partial charge in [-0.1, -0.05) is 12.2 Å². The highest BCUT2D eigenvalue weighted by Gasteiger charge is 2.42. The van der Waals surface area contributed by atoms with E-state index in [2.05, 4.69) is 30.9 Å². The second kappa shape index (κ2) is 4.69. The van der Waals surface area contributed by atoms with Crippen LogP contribution >= 0.6 is 0 Å². The van der Waals surface area contributed by atoms with Crippen LogP contribution in [0, 0.1) is 11.8 Å². The number of amides is 1. The maximum atomic E-state index is 12.4. The summed E-state index contributed by atoms with van der Waals surface area (Å²) in [6.07, 6.45) is 8.11. The van der Waals surface area contributed by atoms with Crippen molar-refractivity contribution in [2.24, 2.45) is 11.8 Å². The molecule has 18 heavy (non-hydrogen) atoms. The maximum Gasteiger partial charge on any atom is 0.240 e. The Morgan fingerprint density at radius 3 is 2.28 bits per heavy atom. The largest absolute Gasteiger partial charge is 0.339 e. The van der Waals surface area contributed by atoms with E-state index in [4.69, 9.17) is 0 Å². The Labute approximate surface area is 110 Å². The fraction of sp³-hybridized carbons (Fsp3) is 0.800. The summed E-state index contributed by atoms with van der Waals surface area (Å²) in [5, 5.41) is 0. The van der Waals surface area contributed by atoms with Gasteiger partial charge in [-0.25, -0.2) is 0 Å². The van der Waals surface area contributed by atoms with Crippen molar-refractivity contribution in [2.75, 3.05) is 19.6 Å². The molecule has 0 aromatic heterocycles. The maximum absolute atomic E-state index is 12.4. The number of hydrogen-bond donors (Lipinski definition) is 0. The van der Waals surface area contributed by atoms with Crippen molar-refractivity contribution in [1.29, 1.82) is 0 Å². The zero-order valence-electron chi connectivity index (χ0n) is 11.5. The van der Waals surface area contributed by atoms with E-state index in [0.717, 1.165) is 37.9 Å². The van der Waals surface area contributed by atoms with E-state index in [1.54, 1.807) is 0 Å². The Balaban J connectivity index is 1.65. The SMILES string of the molecule is CC(C)N1CCC(N2CC3CC=CCC3C2)C1=O. The van der Waals surface area contributed by atoms with Crippen molar-refractivity contribution in [3.8, 4) is 0 Å². The standard InChI is InChI=1S/C15H24N2O/c1-11(2)17-8-7-14(15(17)18)16-9-12-5-3-4-6-13(12)10-16/h3-4,11-14H,5-10H2,1-2H3. The normalized spacial score (nSPS) is 36.7. The first-order valence-electron chi connectivity index (χ1n) is 7.36. The molecule has 2 heterocycles. The van der Waals surface area contributed by atoms with Crippen LogP contribution in [0.5, 0.6) is 0 Å². The number of carbonyl (C=O) groups excluding carboxylic acids is 1. The molecular weight excluding hydrogens is 224 g/mol. The molecule has 3 atom stereocenters. The quantitative estimate of drug-likeness (QED) is 0.697. The van der Waals surface area contributed by atoms with E-state index in [1.165, 1.54) is 12.8 Å². The van der Waals surface area contributed by atoms with Crippen LogP contribution in [0.1, 0.15) is 33.1 Å². The molecule has 0 bridgehead atoms. The molecule has 1 amide bonds. The van der Waals surface area contributed by atoms with Gasteiger partial charge in [-0.2, -0.15) is 0 Å². The number of hydrogen-bond acceptors (Lipinski definition) is 2. The molecule has 1 aliphatic carbocycles. The molecule has 3 aliphatic rings. The van der Waals surface area contributed by atoms with Gasteiger partial charge in [0.2, 0.25) is 5.91 Å². The van der Waals surface area contributed by atoms with Gasteiger partial charge in [-0.15, -0.1) is 0 Å². The van der Waals surface area contributed by atoms with E-state index < -0.39 is 0 Å². The Morgan fingerprint density at radius 2 is 1.78 bits per heavy atom. The molecule has 0 N–H and O–H groups in total. The zero-order chi connectivity index (χ0) is 12.7. The van der Waals surface area contributed by atoms with Crippen molar-refractivity contribution in [3.63, 3.8) is 0 Å². The van der Waals surface area contributed by atoms with Gasteiger partial charge in [0.1, 0.15) is 0 Å². The number of fused-ring (bicyclic) bond motifs is 1. The van der Waals surface area contributed by atoms with Crippen LogP contribution in [0.2, 0.25) is 0 Å². The van der Waals surface area contributed by atoms with Gasteiger partial charge in [-0.05, 0) is 44.9 Å². The molecule has 2 fully saturated rings. The third-order valence-corrected chi connectivity index (χ3v) is 4.92. The lowest BCUT2D eigenvalue weighted by Crippen LogP contribution is -2.42. The highest BCUT2D eigenvalue weighted by Crippen LogP contribution is 2.35. The van der Waals surface area contributed by atoms with Crippen LogP contribution in [0.4, 0.5) is 0 Å². The smallest absolute Gasteiger partial charge is 0.240 e. The van der Waals surface area contributed by atoms with Gasteiger partial charge in [0.25, 0.3) is 0 Å². The monoisotopic (exact) mass is 248 g/mol. The third-order valence-electron chi connectivity index (χ3n) is 4.92. The van der Waals surface area contributed by atoms with E-state index in [0.29, 0.717) is 11.9 Å². The fourth-order valence-electron chi connectivity index (χ4n) is 3.84. The Morgan fingerprint density at radius 1 is 1.17 bits per heavy atom. The Hall–Kier alpha value is -0.830. The van der Waals surface area contributed by atoms with Crippen molar-refractivity contribution in [1.82, 2.24) is 9.80 Å². The molecule has 100 valence electrons. The van der Waals surface area contributed by atoms with Gasteiger partial charge in [-0.3, -0.25) is 9.69 Å². The first-order chi connectivity index (χ1) is 8.66. The summed E-state index contributed by atoms with van der Waals surface area (Å²) < 4.78 is 0. The topological polar surface area (TPSA) is 23.6 Å². The lowest BCUT2D eigenvalue weighted by Gasteiger charge is -2.25. The highest BCUT2D eigenvalue weighted by molar-refractivity contribution is 5.84. The van der Waals surface area contributed by atoms with Crippen LogP contribution in [0.3, 0.4) is 0 Å².